The van der Waals surface area contributed by atoms with Gasteiger partial charge in [0.05, 0.1) is 0 Å². The number of likely N-dealkylation sites (tertiary alicyclic amines) is 1. The zero-order valence-electron chi connectivity index (χ0n) is 14.2. The SMILES string of the molecule is Cc1cc(C)c(OCC(=O)N2CC3CCC(N)C3C2)c(C)c1.Cl. The molecule has 128 valence electrons. The molecule has 2 N–H and O–H groups in total. The van der Waals surface area contributed by atoms with Gasteiger partial charge in [0.1, 0.15) is 5.75 Å². The lowest BCUT2D eigenvalue weighted by molar-refractivity contribution is -0.132. The minimum absolute atomic E-state index is 0. The number of nitrogens with two attached hydrogens (primary N) is 1. The van der Waals surface area contributed by atoms with Gasteiger partial charge in [-0.25, -0.2) is 0 Å². The van der Waals surface area contributed by atoms with Gasteiger partial charge in [0, 0.05) is 19.1 Å². The highest BCUT2D eigenvalue weighted by atomic mass is 35.5. The molecule has 2 aliphatic rings. The third-order valence-electron chi connectivity index (χ3n) is 5.21. The molecular formula is C18H27ClN2O2. The van der Waals surface area contributed by atoms with E-state index in [1.54, 1.807) is 0 Å². The molecule has 0 aromatic heterocycles. The van der Waals surface area contributed by atoms with Crippen LogP contribution in [0.3, 0.4) is 0 Å². The molecule has 1 aliphatic heterocycles. The van der Waals surface area contributed by atoms with Gasteiger partial charge in [-0.05, 0) is 56.6 Å². The smallest absolute Gasteiger partial charge is 0.260 e. The molecule has 1 saturated heterocycles. The number of hydrogen-bond donors (Lipinski definition) is 1. The van der Waals surface area contributed by atoms with Crippen molar-refractivity contribution in [2.75, 3.05) is 19.7 Å². The second-order valence-electron chi connectivity index (χ2n) is 6.98. The number of amides is 1. The maximum absolute atomic E-state index is 12.4. The summed E-state index contributed by atoms with van der Waals surface area (Å²) in [7, 11) is 0. The molecule has 2 fully saturated rings. The summed E-state index contributed by atoms with van der Waals surface area (Å²) >= 11 is 0. The average Bonchev–Trinajstić information content (AvgIpc) is 3.00. The Balaban J connectivity index is 0.00000192. The van der Waals surface area contributed by atoms with E-state index in [9.17, 15) is 4.79 Å². The lowest BCUT2D eigenvalue weighted by Crippen LogP contribution is -2.36. The van der Waals surface area contributed by atoms with Crippen LogP contribution >= 0.6 is 12.4 Å². The Hall–Kier alpha value is -1.26. The fraction of sp³-hybridized carbons (Fsp3) is 0.611. The first-order valence-electron chi connectivity index (χ1n) is 8.19. The van der Waals surface area contributed by atoms with Crippen LogP contribution in [-0.4, -0.2) is 36.5 Å². The minimum Gasteiger partial charge on any atom is -0.483 e. The first kappa shape index (κ1) is 18.1. The van der Waals surface area contributed by atoms with Crippen LogP contribution in [0, 0.1) is 32.6 Å². The lowest BCUT2D eigenvalue weighted by Gasteiger charge is -2.20. The fourth-order valence-electron chi connectivity index (χ4n) is 4.13. The molecule has 5 heteroatoms. The molecule has 1 aromatic carbocycles. The first-order chi connectivity index (χ1) is 10.5. The number of benzene rings is 1. The minimum atomic E-state index is 0. The van der Waals surface area contributed by atoms with Crippen molar-refractivity contribution >= 4 is 18.3 Å². The molecule has 3 rings (SSSR count). The summed E-state index contributed by atoms with van der Waals surface area (Å²) in [5.41, 5.74) is 9.53. The second kappa shape index (κ2) is 7.10. The molecule has 23 heavy (non-hydrogen) atoms. The number of aryl methyl sites for hydroxylation is 3. The van der Waals surface area contributed by atoms with Crippen LogP contribution in [0.1, 0.15) is 29.5 Å². The molecule has 3 unspecified atom stereocenters. The van der Waals surface area contributed by atoms with Crippen molar-refractivity contribution in [3.8, 4) is 5.75 Å². The lowest BCUT2D eigenvalue weighted by atomic mass is 9.98. The average molecular weight is 339 g/mol. The van der Waals surface area contributed by atoms with Crippen LogP contribution in [0.2, 0.25) is 0 Å². The molecule has 1 heterocycles. The third-order valence-corrected chi connectivity index (χ3v) is 5.21. The highest BCUT2D eigenvalue weighted by Crippen LogP contribution is 2.37. The van der Waals surface area contributed by atoms with Crippen LogP contribution in [0.25, 0.3) is 0 Å². The molecule has 4 nitrogen and oxygen atoms in total. The van der Waals surface area contributed by atoms with Crippen LogP contribution in [0.15, 0.2) is 12.1 Å². The molecule has 1 saturated carbocycles. The van der Waals surface area contributed by atoms with Gasteiger partial charge in [-0.3, -0.25) is 4.79 Å². The Kier molecular flexibility index (Phi) is 5.58. The fourth-order valence-corrected chi connectivity index (χ4v) is 4.13. The van der Waals surface area contributed by atoms with Crippen molar-refractivity contribution < 1.29 is 9.53 Å². The largest absolute Gasteiger partial charge is 0.483 e. The summed E-state index contributed by atoms with van der Waals surface area (Å²) in [4.78, 5) is 14.3. The molecule has 0 radical (unpaired) electrons. The van der Waals surface area contributed by atoms with Crippen LogP contribution in [0.4, 0.5) is 0 Å². The Bertz CT molecular complexity index is 567. The maximum atomic E-state index is 12.4. The maximum Gasteiger partial charge on any atom is 0.260 e. The van der Waals surface area contributed by atoms with Gasteiger partial charge in [0.2, 0.25) is 0 Å². The van der Waals surface area contributed by atoms with Gasteiger partial charge in [-0.2, -0.15) is 0 Å². The Labute approximate surface area is 144 Å². The monoisotopic (exact) mass is 338 g/mol. The second-order valence-corrected chi connectivity index (χ2v) is 6.98. The molecule has 1 aromatic rings. The molecule has 0 bridgehead atoms. The normalized spacial score (nSPS) is 25.9. The molecular weight excluding hydrogens is 312 g/mol. The third kappa shape index (κ3) is 3.64. The van der Waals surface area contributed by atoms with Crippen molar-refractivity contribution in [2.24, 2.45) is 17.6 Å². The van der Waals surface area contributed by atoms with Crippen molar-refractivity contribution in [3.63, 3.8) is 0 Å². The summed E-state index contributed by atoms with van der Waals surface area (Å²) in [6.07, 6.45) is 2.27. The number of carbonyl (C=O) groups excluding carboxylic acids is 1. The number of hydrogen-bond acceptors (Lipinski definition) is 3. The zero-order valence-corrected chi connectivity index (χ0v) is 15.0. The van der Waals surface area contributed by atoms with E-state index in [0.717, 1.165) is 42.8 Å². The summed E-state index contributed by atoms with van der Waals surface area (Å²) in [6, 6.07) is 4.45. The van der Waals surface area contributed by atoms with Gasteiger partial charge < -0.3 is 15.4 Å². The van der Waals surface area contributed by atoms with Gasteiger partial charge in [0.25, 0.3) is 5.91 Å². The van der Waals surface area contributed by atoms with Gasteiger partial charge in [-0.15, -0.1) is 12.4 Å². The molecule has 1 aliphatic carbocycles. The number of fused-ring (bicyclic) bond motifs is 1. The Morgan fingerprint density at radius 2 is 1.87 bits per heavy atom. The number of rotatable bonds is 3. The van der Waals surface area contributed by atoms with Crippen molar-refractivity contribution in [1.82, 2.24) is 4.90 Å². The predicted molar refractivity (Wildman–Crippen MR) is 94.2 cm³/mol. The summed E-state index contributed by atoms with van der Waals surface area (Å²) in [5.74, 6) is 2.02. The number of nitrogens with zero attached hydrogens (tertiary/aromatic N) is 1. The van der Waals surface area contributed by atoms with E-state index in [1.807, 2.05) is 18.7 Å². The van der Waals surface area contributed by atoms with Crippen molar-refractivity contribution in [1.29, 1.82) is 0 Å². The number of carbonyl (C=O) groups is 1. The number of halogens is 1. The highest BCUT2D eigenvalue weighted by Gasteiger charge is 2.42. The van der Waals surface area contributed by atoms with Crippen molar-refractivity contribution in [3.05, 3.63) is 28.8 Å². The first-order valence-corrected chi connectivity index (χ1v) is 8.19. The highest BCUT2D eigenvalue weighted by molar-refractivity contribution is 5.85. The number of ether oxygens (including phenoxy) is 1. The van der Waals surface area contributed by atoms with E-state index in [1.165, 1.54) is 5.56 Å². The van der Waals surface area contributed by atoms with E-state index in [2.05, 4.69) is 19.1 Å². The van der Waals surface area contributed by atoms with Gasteiger partial charge in [-0.1, -0.05) is 17.7 Å². The summed E-state index contributed by atoms with van der Waals surface area (Å²) in [5, 5.41) is 0. The topological polar surface area (TPSA) is 55.6 Å². The standard InChI is InChI=1S/C18H26N2O2.ClH/c1-11-6-12(2)18(13(3)7-11)22-10-17(21)20-8-14-4-5-16(19)15(14)9-20;/h6-7,14-16H,4-5,8-10,19H2,1-3H3;1H. The van der Waals surface area contributed by atoms with Gasteiger partial charge in [0.15, 0.2) is 6.61 Å². The van der Waals surface area contributed by atoms with E-state index < -0.39 is 0 Å². The predicted octanol–water partition coefficient (Wildman–Crippen LogP) is 2.61. The molecule has 3 atom stereocenters. The van der Waals surface area contributed by atoms with Crippen LogP contribution in [-0.2, 0) is 4.79 Å². The van der Waals surface area contributed by atoms with E-state index in [4.69, 9.17) is 10.5 Å². The quantitative estimate of drug-likeness (QED) is 0.921. The summed E-state index contributed by atoms with van der Waals surface area (Å²) in [6.45, 7) is 7.91. The Morgan fingerprint density at radius 1 is 1.22 bits per heavy atom. The van der Waals surface area contributed by atoms with E-state index in [-0.39, 0.29) is 31.0 Å². The van der Waals surface area contributed by atoms with Crippen LogP contribution < -0.4 is 10.5 Å². The van der Waals surface area contributed by atoms with E-state index >= 15 is 0 Å². The van der Waals surface area contributed by atoms with E-state index in [0.29, 0.717) is 11.8 Å². The summed E-state index contributed by atoms with van der Waals surface area (Å²) < 4.78 is 5.82. The molecule has 0 spiro atoms. The van der Waals surface area contributed by atoms with Gasteiger partial charge >= 0.3 is 0 Å². The Morgan fingerprint density at radius 3 is 2.48 bits per heavy atom. The molecule has 1 amide bonds. The van der Waals surface area contributed by atoms with Crippen molar-refractivity contribution in [2.45, 2.75) is 39.7 Å². The van der Waals surface area contributed by atoms with Crippen LogP contribution in [0.5, 0.6) is 5.75 Å². The zero-order chi connectivity index (χ0) is 15.9.